The van der Waals surface area contributed by atoms with Gasteiger partial charge < -0.3 is 10.6 Å². The van der Waals surface area contributed by atoms with E-state index in [9.17, 15) is 0 Å². The fourth-order valence-corrected chi connectivity index (χ4v) is 2.30. The summed E-state index contributed by atoms with van der Waals surface area (Å²) in [6.07, 6.45) is 3.84. The maximum Gasteiger partial charge on any atom is 0.191 e. The second-order valence-electron chi connectivity index (χ2n) is 5.01. The van der Waals surface area contributed by atoms with E-state index in [-0.39, 0.29) is 24.0 Å². The van der Waals surface area contributed by atoms with Crippen molar-refractivity contribution in [1.82, 2.24) is 9.80 Å². The molecule has 108 valence electrons. The lowest BCUT2D eigenvalue weighted by atomic mass is 10.1. The van der Waals surface area contributed by atoms with Gasteiger partial charge in [-0.3, -0.25) is 9.89 Å². The summed E-state index contributed by atoms with van der Waals surface area (Å²) in [5.74, 6) is 0.740. The van der Waals surface area contributed by atoms with Crippen LogP contribution < -0.4 is 5.73 Å². The van der Waals surface area contributed by atoms with Crippen LogP contribution >= 0.6 is 24.0 Å². The molecule has 0 aromatic heterocycles. The zero-order valence-corrected chi connectivity index (χ0v) is 14.4. The topological polar surface area (TPSA) is 44.9 Å². The Morgan fingerprint density at radius 3 is 2.39 bits per heavy atom. The molecule has 1 heterocycles. The number of rotatable bonds is 5. The number of nitrogens with two attached hydrogens (primary N) is 1. The molecule has 1 fully saturated rings. The average molecular weight is 368 g/mol. The van der Waals surface area contributed by atoms with Crippen LogP contribution in [0.25, 0.3) is 0 Å². The molecule has 0 saturated carbocycles. The molecule has 1 rings (SSSR count). The summed E-state index contributed by atoms with van der Waals surface area (Å²) in [5.41, 5.74) is 6.01. The molecule has 4 nitrogen and oxygen atoms in total. The molecule has 0 aliphatic carbocycles. The Morgan fingerprint density at radius 2 is 1.89 bits per heavy atom. The molecule has 0 spiro atoms. The van der Waals surface area contributed by atoms with Gasteiger partial charge in [0.05, 0.1) is 6.54 Å². The molecule has 0 amide bonds. The Bertz CT molecular complexity index is 237. The summed E-state index contributed by atoms with van der Waals surface area (Å²) >= 11 is 0. The summed E-state index contributed by atoms with van der Waals surface area (Å²) < 4.78 is 0. The standard InChI is InChI=1S/C13H28N4.HI/c1-4-16(12(2)3)11-8-15-13(14)17-9-6-5-7-10-17;/h12H,4-11H2,1-3H3,(H2,14,15);1H. The van der Waals surface area contributed by atoms with Gasteiger partial charge in [-0.2, -0.15) is 0 Å². The summed E-state index contributed by atoms with van der Waals surface area (Å²) in [7, 11) is 0. The van der Waals surface area contributed by atoms with Crippen molar-refractivity contribution in [2.75, 3.05) is 32.7 Å². The van der Waals surface area contributed by atoms with Gasteiger partial charge in [0.25, 0.3) is 0 Å². The number of nitrogens with zero attached hydrogens (tertiary/aromatic N) is 3. The van der Waals surface area contributed by atoms with Gasteiger partial charge in [-0.25, -0.2) is 0 Å². The summed E-state index contributed by atoms with van der Waals surface area (Å²) in [6, 6.07) is 0.589. The molecule has 0 aromatic rings. The molecular formula is C13H29IN4. The second kappa shape index (κ2) is 9.83. The Hall–Kier alpha value is -0.0400. The highest BCUT2D eigenvalue weighted by Gasteiger charge is 2.12. The molecule has 0 aromatic carbocycles. The largest absolute Gasteiger partial charge is 0.370 e. The van der Waals surface area contributed by atoms with E-state index >= 15 is 0 Å². The number of piperidine rings is 1. The molecule has 0 radical (unpaired) electrons. The molecular weight excluding hydrogens is 339 g/mol. The van der Waals surface area contributed by atoms with Crippen molar-refractivity contribution >= 4 is 29.9 Å². The van der Waals surface area contributed by atoms with E-state index in [1.165, 1.54) is 19.3 Å². The molecule has 1 aliphatic rings. The van der Waals surface area contributed by atoms with Gasteiger partial charge in [0.1, 0.15) is 0 Å². The van der Waals surface area contributed by atoms with Crippen LogP contribution in [0.4, 0.5) is 0 Å². The fraction of sp³-hybridized carbons (Fsp3) is 0.923. The first-order valence-electron chi connectivity index (χ1n) is 6.94. The average Bonchev–Trinajstić information content (AvgIpc) is 2.35. The molecule has 1 saturated heterocycles. The van der Waals surface area contributed by atoms with Gasteiger partial charge in [0.15, 0.2) is 5.96 Å². The van der Waals surface area contributed by atoms with Crippen molar-refractivity contribution in [1.29, 1.82) is 0 Å². The minimum atomic E-state index is 0. The van der Waals surface area contributed by atoms with Crippen LogP contribution in [-0.4, -0.2) is 54.5 Å². The number of halogens is 1. The van der Waals surface area contributed by atoms with Gasteiger partial charge in [-0.05, 0) is 39.7 Å². The third kappa shape index (κ3) is 6.22. The summed E-state index contributed by atoms with van der Waals surface area (Å²) in [6.45, 7) is 11.7. The highest BCUT2D eigenvalue weighted by atomic mass is 127. The van der Waals surface area contributed by atoms with Crippen LogP contribution in [0.15, 0.2) is 4.99 Å². The van der Waals surface area contributed by atoms with E-state index in [1.807, 2.05) is 0 Å². The first kappa shape index (κ1) is 18.0. The predicted molar refractivity (Wildman–Crippen MR) is 89.7 cm³/mol. The maximum atomic E-state index is 6.01. The van der Waals surface area contributed by atoms with E-state index in [0.717, 1.165) is 38.7 Å². The second-order valence-corrected chi connectivity index (χ2v) is 5.01. The normalized spacial score (nSPS) is 17.2. The van der Waals surface area contributed by atoms with Crippen molar-refractivity contribution in [3.8, 4) is 0 Å². The third-order valence-corrected chi connectivity index (χ3v) is 3.48. The minimum Gasteiger partial charge on any atom is -0.370 e. The maximum absolute atomic E-state index is 6.01. The highest BCUT2D eigenvalue weighted by Crippen LogP contribution is 2.07. The van der Waals surface area contributed by atoms with Gasteiger partial charge in [0, 0.05) is 25.7 Å². The van der Waals surface area contributed by atoms with Crippen LogP contribution in [-0.2, 0) is 0 Å². The van der Waals surface area contributed by atoms with Crippen molar-refractivity contribution in [2.45, 2.75) is 46.1 Å². The first-order chi connectivity index (χ1) is 8.15. The van der Waals surface area contributed by atoms with Gasteiger partial charge in [-0.1, -0.05) is 6.92 Å². The lowest BCUT2D eigenvalue weighted by Crippen LogP contribution is -2.41. The molecule has 1 aliphatic heterocycles. The van der Waals surface area contributed by atoms with Crippen LogP contribution in [0, 0.1) is 0 Å². The van der Waals surface area contributed by atoms with E-state index in [4.69, 9.17) is 5.73 Å². The minimum absolute atomic E-state index is 0. The Morgan fingerprint density at radius 1 is 1.28 bits per heavy atom. The number of hydrogen-bond donors (Lipinski definition) is 1. The third-order valence-electron chi connectivity index (χ3n) is 3.48. The van der Waals surface area contributed by atoms with E-state index in [0.29, 0.717) is 6.04 Å². The number of likely N-dealkylation sites (N-methyl/N-ethyl adjacent to an activating group) is 1. The summed E-state index contributed by atoms with van der Waals surface area (Å²) in [4.78, 5) is 9.12. The molecule has 2 N–H and O–H groups in total. The lowest BCUT2D eigenvalue weighted by molar-refractivity contribution is 0.240. The Labute approximate surface area is 129 Å². The molecule has 18 heavy (non-hydrogen) atoms. The fourth-order valence-electron chi connectivity index (χ4n) is 2.30. The van der Waals surface area contributed by atoms with Gasteiger partial charge in [0.2, 0.25) is 0 Å². The van der Waals surface area contributed by atoms with E-state index < -0.39 is 0 Å². The van der Waals surface area contributed by atoms with Crippen molar-refractivity contribution in [2.24, 2.45) is 10.7 Å². The molecule has 0 unspecified atom stereocenters. The van der Waals surface area contributed by atoms with Crippen LogP contribution in [0.2, 0.25) is 0 Å². The van der Waals surface area contributed by atoms with Crippen LogP contribution in [0.1, 0.15) is 40.0 Å². The van der Waals surface area contributed by atoms with E-state index in [2.05, 4.69) is 35.6 Å². The zero-order chi connectivity index (χ0) is 12.7. The van der Waals surface area contributed by atoms with Crippen LogP contribution in [0.3, 0.4) is 0 Å². The molecule has 5 heteroatoms. The first-order valence-corrected chi connectivity index (χ1v) is 6.94. The van der Waals surface area contributed by atoms with E-state index in [1.54, 1.807) is 0 Å². The van der Waals surface area contributed by atoms with Crippen molar-refractivity contribution in [3.05, 3.63) is 0 Å². The predicted octanol–water partition coefficient (Wildman–Crippen LogP) is 2.14. The van der Waals surface area contributed by atoms with Crippen LogP contribution in [0.5, 0.6) is 0 Å². The Kier molecular flexibility index (Phi) is 9.81. The SMILES string of the molecule is CCN(CCN=C(N)N1CCCCC1)C(C)C.I. The number of aliphatic imine (C=N–C) groups is 1. The molecule has 0 atom stereocenters. The van der Waals surface area contributed by atoms with Crippen molar-refractivity contribution < 1.29 is 0 Å². The quantitative estimate of drug-likeness (QED) is 0.460. The molecule has 0 bridgehead atoms. The van der Waals surface area contributed by atoms with Gasteiger partial charge >= 0.3 is 0 Å². The zero-order valence-electron chi connectivity index (χ0n) is 12.1. The smallest absolute Gasteiger partial charge is 0.191 e. The van der Waals surface area contributed by atoms with Crippen molar-refractivity contribution in [3.63, 3.8) is 0 Å². The number of guanidine groups is 1. The monoisotopic (exact) mass is 368 g/mol. The highest BCUT2D eigenvalue weighted by molar-refractivity contribution is 14.0. The number of hydrogen-bond acceptors (Lipinski definition) is 2. The van der Waals surface area contributed by atoms with Gasteiger partial charge in [-0.15, -0.1) is 24.0 Å². The lowest BCUT2D eigenvalue weighted by Gasteiger charge is -2.28. The Balaban J connectivity index is 0.00000289. The number of likely N-dealkylation sites (tertiary alicyclic amines) is 1. The summed E-state index contributed by atoms with van der Waals surface area (Å²) in [5, 5.41) is 0.